The maximum Gasteiger partial charge on any atom is 0.146 e. The van der Waals surface area contributed by atoms with Gasteiger partial charge >= 0.3 is 0 Å². The summed E-state index contributed by atoms with van der Waals surface area (Å²) in [6.07, 6.45) is 0. The van der Waals surface area contributed by atoms with Crippen molar-refractivity contribution >= 4 is 17.1 Å². The van der Waals surface area contributed by atoms with E-state index in [1.165, 1.54) is 6.07 Å². The first-order valence-electron chi connectivity index (χ1n) is 4.63. The van der Waals surface area contributed by atoms with Crippen molar-refractivity contribution in [1.29, 1.82) is 0 Å². The zero-order chi connectivity index (χ0) is 10.7. The Bertz CT molecular complexity index is 451. The number of nitrogens with two attached hydrogens (primary N) is 1. The van der Waals surface area contributed by atoms with Gasteiger partial charge in [-0.1, -0.05) is 12.1 Å². The average Bonchev–Trinajstić information content (AvgIpc) is 2.25. The molecule has 0 aliphatic carbocycles. The highest BCUT2D eigenvalue weighted by molar-refractivity contribution is 5.62. The van der Waals surface area contributed by atoms with Gasteiger partial charge in [-0.25, -0.2) is 4.39 Å². The van der Waals surface area contributed by atoms with Crippen molar-refractivity contribution in [1.82, 2.24) is 0 Å². The number of nitrogen functional groups attached to an aromatic ring is 1. The molecule has 15 heavy (non-hydrogen) atoms. The predicted molar refractivity (Wildman–Crippen MR) is 60.5 cm³/mol. The van der Waals surface area contributed by atoms with Crippen molar-refractivity contribution in [2.75, 3.05) is 11.1 Å². The van der Waals surface area contributed by atoms with Crippen LogP contribution in [0, 0.1) is 5.82 Å². The number of halogens is 1. The molecule has 0 fully saturated rings. The normalized spacial score (nSPS) is 9.93. The topological polar surface area (TPSA) is 38.0 Å². The van der Waals surface area contributed by atoms with Gasteiger partial charge in [-0.15, -0.1) is 0 Å². The Morgan fingerprint density at radius 3 is 2.27 bits per heavy atom. The molecule has 0 heterocycles. The first-order valence-corrected chi connectivity index (χ1v) is 4.63. The van der Waals surface area contributed by atoms with E-state index in [0.29, 0.717) is 11.4 Å². The third-order valence-electron chi connectivity index (χ3n) is 2.06. The molecule has 2 nitrogen and oxygen atoms in total. The van der Waals surface area contributed by atoms with Gasteiger partial charge in [-0.05, 0) is 36.4 Å². The lowest BCUT2D eigenvalue weighted by Gasteiger charge is -2.07. The van der Waals surface area contributed by atoms with Crippen LogP contribution in [-0.4, -0.2) is 0 Å². The zero-order valence-corrected chi connectivity index (χ0v) is 8.07. The fourth-order valence-electron chi connectivity index (χ4n) is 1.28. The van der Waals surface area contributed by atoms with Gasteiger partial charge in [0.2, 0.25) is 0 Å². The molecule has 0 atom stereocenters. The highest BCUT2D eigenvalue weighted by atomic mass is 19.1. The summed E-state index contributed by atoms with van der Waals surface area (Å²) < 4.78 is 13.3. The Labute approximate surface area is 87.5 Å². The summed E-state index contributed by atoms with van der Waals surface area (Å²) in [6.45, 7) is 0. The monoisotopic (exact) mass is 202 g/mol. The fourth-order valence-corrected chi connectivity index (χ4v) is 1.28. The Morgan fingerprint density at radius 2 is 1.60 bits per heavy atom. The van der Waals surface area contributed by atoms with E-state index in [1.807, 2.05) is 12.1 Å². The van der Waals surface area contributed by atoms with Crippen molar-refractivity contribution in [3.05, 3.63) is 54.3 Å². The van der Waals surface area contributed by atoms with E-state index in [-0.39, 0.29) is 5.82 Å². The largest absolute Gasteiger partial charge is 0.399 e. The second-order valence-electron chi connectivity index (χ2n) is 3.23. The molecule has 2 aromatic rings. The van der Waals surface area contributed by atoms with Crippen molar-refractivity contribution in [3.8, 4) is 0 Å². The molecule has 76 valence electrons. The number of anilines is 3. The van der Waals surface area contributed by atoms with Crippen LogP contribution in [0.2, 0.25) is 0 Å². The number of rotatable bonds is 2. The Kier molecular flexibility index (Phi) is 2.54. The van der Waals surface area contributed by atoms with Crippen molar-refractivity contribution in [3.63, 3.8) is 0 Å². The third-order valence-corrected chi connectivity index (χ3v) is 2.06. The molecule has 0 saturated carbocycles. The summed E-state index contributed by atoms with van der Waals surface area (Å²) in [5.74, 6) is -0.269. The molecular formula is C12H11FN2. The molecule has 0 spiro atoms. The molecule has 0 radical (unpaired) electrons. The first kappa shape index (κ1) is 9.52. The molecule has 0 aliphatic heterocycles. The van der Waals surface area contributed by atoms with Crippen LogP contribution in [0.5, 0.6) is 0 Å². The smallest absolute Gasteiger partial charge is 0.146 e. The van der Waals surface area contributed by atoms with Crippen LogP contribution in [0.3, 0.4) is 0 Å². The molecule has 2 aromatic carbocycles. The standard InChI is InChI=1S/C12H11FN2/c13-11-3-1-2-4-12(11)15-10-7-5-9(14)6-8-10/h1-8,15H,14H2. The van der Waals surface area contributed by atoms with Crippen LogP contribution in [0.4, 0.5) is 21.5 Å². The summed E-state index contributed by atoms with van der Waals surface area (Å²) >= 11 is 0. The summed E-state index contributed by atoms with van der Waals surface area (Å²) in [5.41, 5.74) is 7.51. The lowest BCUT2D eigenvalue weighted by molar-refractivity contribution is 0.632. The Morgan fingerprint density at radius 1 is 0.933 bits per heavy atom. The number of benzene rings is 2. The second kappa shape index (κ2) is 4.00. The van der Waals surface area contributed by atoms with Gasteiger partial charge in [0, 0.05) is 11.4 Å². The minimum atomic E-state index is -0.269. The SMILES string of the molecule is Nc1ccc(Nc2ccccc2F)cc1. The van der Waals surface area contributed by atoms with Crippen molar-refractivity contribution in [2.45, 2.75) is 0 Å². The van der Waals surface area contributed by atoms with Crippen molar-refractivity contribution < 1.29 is 4.39 Å². The minimum absolute atomic E-state index is 0.269. The summed E-state index contributed by atoms with van der Waals surface area (Å²) in [5, 5.41) is 2.97. The fraction of sp³-hybridized carbons (Fsp3) is 0. The first-order chi connectivity index (χ1) is 7.25. The lowest BCUT2D eigenvalue weighted by atomic mass is 10.2. The van der Waals surface area contributed by atoms with Crippen LogP contribution in [0.1, 0.15) is 0 Å². The Hall–Kier alpha value is -2.03. The summed E-state index contributed by atoms with van der Waals surface area (Å²) in [4.78, 5) is 0. The van der Waals surface area contributed by atoms with E-state index in [1.54, 1.807) is 30.3 Å². The van der Waals surface area contributed by atoms with Gasteiger partial charge in [0.05, 0.1) is 5.69 Å². The zero-order valence-electron chi connectivity index (χ0n) is 8.07. The molecule has 0 aliphatic rings. The van der Waals surface area contributed by atoms with Crippen LogP contribution in [-0.2, 0) is 0 Å². The predicted octanol–water partition coefficient (Wildman–Crippen LogP) is 3.15. The van der Waals surface area contributed by atoms with E-state index >= 15 is 0 Å². The molecular weight excluding hydrogens is 191 g/mol. The molecule has 3 heteroatoms. The lowest BCUT2D eigenvalue weighted by Crippen LogP contribution is -1.93. The van der Waals surface area contributed by atoms with Crippen LogP contribution in [0.25, 0.3) is 0 Å². The molecule has 0 aromatic heterocycles. The molecule has 0 saturated heterocycles. The molecule has 0 bridgehead atoms. The Balaban J connectivity index is 2.22. The van der Waals surface area contributed by atoms with Gasteiger partial charge in [0.1, 0.15) is 5.82 Å². The maximum atomic E-state index is 13.3. The molecule has 0 unspecified atom stereocenters. The number of para-hydroxylation sites is 1. The highest BCUT2D eigenvalue weighted by Gasteiger charge is 1.99. The van der Waals surface area contributed by atoms with Gasteiger partial charge in [0.15, 0.2) is 0 Å². The van der Waals surface area contributed by atoms with E-state index in [9.17, 15) is 4.39 Å². The van der Waals surface area contributed by atoms with E-state index < -0.39 is 0 Å². The van der Waals surface area contributed by atoms with E-state index in [4.69, 9.17) is 5.73 Å². The van der Waals surface area contributed by atoms with Gasteiger partial charge in [0.25, 0.3) is 0 Å². The van der Waals surface area contributed by atoms with E-state index in [0.717, 1.165) is 5.69 Å². The number of hydrogen-bond donors (Lipinski definition) is 2. The quantitative estimate of drug-likeness (QED) is 0.734. The van der Waals surface area contributed by atoms with Crippen LogP contribution >= 0.6 is 0 Å². The molecule has 0 amide bonds. The van der Waals surface area contributed by atoms with Crippen molar-refractivity contribution in [2.24, 2.45) is 0 Å². The highest BCUT2D eigenvalue weighted by Crippen LogP contribution is 2.19. The maximum absolute atomic E-state index is 13.3. The summed E-state index contributed by atoms with van der Waals surface area (Å²) in [6, 6.07) is 13.7. The molecule has 3 N–H and O–H groups in total. The second-order valence-corrected chi connectivity index (χ2v) is 3.23. The summed E-state index contributed by atoms with van der Waals surface area (Å²) in [7, 11) is 0. The van der Waals surface area contributed by atoms with Gasteiger partial charge in [-0.3, -0.25) is 0 Å². The minimum Gasteiger partial charge on any atom is -0.399 e. The van der Waals surface area contributed by atoms with Gasteiger partial charge < -0.3 is 11.1 Å². The average molecular weight is 202 g/mol. The third kappa shape index (κ3) is 2.26. The van der Waals surface area contributed by atoms with Gasteiger partial charge in [-0.2, -0.15) is 0 Å². The van der Waals surface area contributed by atoms with E-state index in [2.05, 4.69) is 5.32 Å². The van der Waals surface area contributed by atoms with Crippen LogP contribution in [0.15, 0.2) is 48.5 Å². The number of hydrogen-bond acceptors (Lipinski definition) is 2. The van der Waals surface area contributed by atoms with Crippen LogP contribution < -0.4 is 11.1 Å². The molecule has 2 rings (SSSR count). The number of nitrogens with one attached hydrogen (secondary N) is 1.